The number of rotatable bonds is 6. The van der Waals surface area contributed by atoms with Gasteiger partial charge >= 0.3 is 11.9 Å². The third kappa shape index (κ3) is 4.11. The normalized spacial score (nSPS) is 37.2. The summed E-state index contributed by atoms with van der Waals surface area (Å²) in [5, 5.41) is 0. The molecule has 0 aromatic heterocycles. The molecule has 4 fully saturated rings. The maximum absolute atomic E-state index is 13.4. The lowest BCUT2D eigenvalue weighted by atomic mass is 9.50. The van der Waals surface area contributed by atoms with Crippen LogP contribution in [-0.4, -0.2) is 23.1 Å². The largest absolute Gasteiger partial charge is 0.460 e. The van der Waals surface area contributed by atoms with Gasteiger partial charge in [-0.3, -0.25) is 9.59 Å². The van der Waals surface area contributed by atoms with Crippen molar-refractivity contribution < 1.29 is 19.1 Å². The van der Waals surface area contributed by atoms with Crippen molar-refractivity contribution in [2.24, 2.45) is 35.0 Å². The van der Waals surface area contributed by atoms with Gasteiger partial charge in [-0.25, -0.2) is 0 Å². The van der Waals surface area contributed by atoms with Gasteiger partial charge < -0.3 is 9.47 Å². The molecular weight excluding hydrogens is 352 g/mol. The molecule has 28 heavy (non-hydrogen) atoms. The maximum atomic E-state index is 13.4. The van der Waals surface area contributed by atoms with Crippen molar-refractivity contribution in [2.45, 2.75) is 105 Å². The van der Waals surface area contributed by atoms with E-state index >= 15 is 0 Å². The van der Waals surface area contributed by atoms with Crippen LogP contribution in [0.25, 0.3) is 0 Å². The van der Waals surface area contributed by atoms with Gasteiger partial charge in [0.2, 0.25) is 0 Å². The molecule has 0 amide bonds. The zero-order valence-corrected chi connectivity index (χ0v) is 19.0. The first-order valence-corrected chi connectivity index (χ1v) is 11.3. The molecule has 160 valence electrons. The van der Waals surface area contributed by atoms with Gasteiger partial charge in [0.05, 0.1) is 11.3 Å². The van der Waals surface area contributed by atoms with Crippen LogP contribution in [0.1, 0.15) is 93.4 Å². The summed E-state index contributed by atoms with van der Waals surface area (Å²) in [7, 11) is 0. The molecule has 4 nitrogen and oxygen atoms in total. The Labute approximate surface area is 171 Å². The lowest BCUT2D eigenvalue weighted by Gasteiger charge is -2.59. The fourth-order valence-electron chi connectivity index (χ4n) is 6.14. The number of hydrogen-bond donors (Lipinski definition) is 0. The molecule has 0 aromatic rings. The number of carbonyl (C=O) groups excluding carboxylic acids is 2. The number of ether oxygens (including phenoxy) is 2. The van der Waals surface area contributed by atoms with Crippen LogP contribution in [0.4, 0.5) is 0 Å². The standard InChI is InChI=1S/C24H40O4/c1-8-23(6,14-15(2)20(25)27-22(3,4)5)21(26)28-24(7)18-10-16-9-17(12-18)13-19(24)11-16/h15-19H,8-14H2,1-7H3. The Bertz CT molecular complexity index is 589. The predicted molar refractivity (Wildman–Crippen MR) is 110 cm³/mol. The zero-order chi connectivity index (χ0) is 20.9. The average molecular weight is 393 g/mol. The molecule has 0 heterocycles. The smallest absolute Gasteiger partial charge is 0.312 e. The Kier molecular flexibility index (Phi) is 5.66. The van der Waals surface area contributed by atoms with E-state index in [4.69, 9.17) is 9.47 Å². The van der Waals surface area contributed by atoms with Crippen molar-refractivity contribution in [1.82, 2.24) is 0 Å². The first-order valence-electron chi connectivity index (χ1n) is 11.3. The molecule has 4 heteroatoms. The molecule has 4 bridgehead atoms. The van der Waals surface area contributed by atoms with Gasteiger partial charge in [-0.2, -0.15) is 0 Å². The van der Waals surface area contributed by atoms with E-state index in [0.717, 1.165) is 11.8 Å². The van der Waals surface area contributed by atoms with E-state index in [9.17, 15) is 9.59 Å². The summed E-state index contributed by atoms with van der Waals surface area (Å²) >= 11 is 0. The molecule has 4 rings (SSSR count). The first kappa shape index (κ1) is 21.6. The quantitative estimate of drug-likeness (QED) is 0.558. The average Bonchev–Trinajstić information content (AvgIpc) is 2.57. The van der Waals surface area contributed by atoms with Crippen LogP contribution in [0.2, 0.25) is 0 Å². The van der Waals surface area contributed by atoms with Crippen molar-refractivity contribution in [3.8, 4) is 0 Å². The van der Waals surface area contributed by atoms with E-state index in [1.165, 1.54) is 32.1 Å². The van der Waals surface area contributed by atoms with E-state index in [-0.39, 0.29) is 23.5 Å². The molecule has 4 aliphatic carbocycles. The van der Waals surface area contributed by atoms with E-state index in [2.05, 4.69) is 6.92 Å². The summed E-state index contributed by atoms with van der Waals surface area (Å²) < 4.78 is 11.9. The topological polar surface area (TPSA) is 52.6 Å². The molecule has 0 aliphatic heterocycles. The second kappa shape index (κ2) is 7.32. The Morgan fingerprint density at radius 2 is 1.50 bits per heavy atom. The van der Waals surface area contributed by atoms with Crippen molar-refractivity contribution >= 4 is 11.9 Å². The molecule has 0 aromatic carbocycles. The van der Waals surface area contributed by atoms with Crippen LogP contribution in [0.5, 0.6) is 0 Å². The molecule has 0 N–H and O–H groups in total. The minimum absolute atomic E-state index is 0.125. The minimum atomic E-state index is -0.659. The molecule has 4 aliphatic rings. The van der Waals surface area contributed by atoms with Crippen LogP contribution in [0, 0.1) is 35.0 Å². The van der Waals surface area contributed by atoms with Crippen LogP contribution in [0.3, 0.4) is 0 Å². The van der Waals surface area contributed by atoms with Gasteiger partial charge in [-0.1, -0.05) is 13.8 Å². The molecular formula is C24H40O4. The highest BCUT2D eigenvalue weighted by Gasteiger charge is 2.58. The van der Waals surface area contributed by atoms with Crippen molar-refractivity contribution in [3.63, 3.8) is 0 Å². The molecule has 0 spiro atoms. The second-order valence-electron chi connectivity index (χ2n) is 11.4. The Morgan fingerprint density at radius 3 is 1.93 bits per heavy atom. The number of carbonyl (C=O) groups is 2. The van der Waals surface area contributed by atoms with Crippen molar-refractivity contribution in [1.29, 1.82) is 0 Å². The van der Waals surface area contributed by atoms with Gasteiger partial charge in [-0.05, 0) is 103 Å². The highest BCUT2D eigenvalue weighted by molar-refractivity contribution is 5.79. The molecule has 0 radical (unpaired) electrons. The third-order valence-corrected chi connectivity index (χ3v) is 7.91. The highest BCUT2D eigenvalue weighted by Crippen LogP contribution is 2.59. The second-order valence-corrected chi connectivity index (χ2v) is 11.4. The fraction of sp³-hybridized carbons (Fsp3) is 0.917. The van der Waals surface area contributed by atoms with Gasteiger partial charge in [0.25, 0.3) is 0 Å². The van der Waals surface area contributed by atoms with Gasteiger partial charge in [-0.15, -0.1) is 0 Å². The van der Waals surface area contributed by atoms with Crippen LogP contribution < -0.4 is 0 Å². The summed E-state index contributed by atoms with van der Waals surface area (Å²) in [6.07, 6.45) is 7.38. The molecule has 2 atom stereocenters. The zero-order valence-electron chi connectivity index (χ0n) is 19.0. The number of hydrogen-bond acceptors (Lipinski definition) is 4. The van der Waals surface area contributed by atoms with Crippen LogP contribution >= 0.6 is 0 Å². The summed E-state index contributed by atoms with van der Waals surface area (Å²) in [5.74, 6) is 2.02. The molecule has 2 unspecified atom stereocenters. The molecule has 0 saturated heterocycles. The van der Waals surface area contributed by atoms with Crippen molar-refractivity contribution in [3.05, 3.63) is 0 Å². The lowest BCUT2D eigenvalue weighted by molar-refractivity contribution is -0.213. The summed E-state index contributed by atoms with van der Waals surface area (Å²) in [4.78, 5) is 25.8. The fourth-order valence-corrected chi connectivity index (χ4v) is 6.14. The summed E-state index contributed by atoms with van der Waals surface area (Å²) in [5.41, 5.74) is -1.49. The van der Waals surface area contributed by atoms with E-state index in [1.54, 1.807) is 0 Å². The Balaban J connectivity index is 1.68. The Hall–Kier alpha value is -1.06. The maximum Gasteiger partial charge on any atom is 0.312 e. The minimum Gasteiger partial charge on any atom is -0.460 e. The van der Waals surface area contributed by atoms with Crippen molar-refractivity contribution in [2.75, 3.05) is 0 Å². The predicted octanol–water partition coefficient (Wildman–Crippen LogP) is 5.53. The monoisotopic (exact) mass is 392 g/mol. The third-order valence-electron chi connectivity index (χ3n) is 7.91. The Morgan fingerprint density at radius 1 is 1.00 bits per heavy atom. The van der Waals surface area contributed by atoms with Gasteiger partial charge in [0, 0.05) is 0 Å². The van der Waals surface area contributed by atoms with Crippen LogP contribution in [-0.2, 0) is 19.1 Å². The first-order chi connectivity index (χ1) is 12.9. The number of esters is 2. The highest BCUT2D eigenvalue weighted by atomic mass is 16.6. The summed E-state index contributed by atoms with van der Waals surface area (Å²) in [6, 6.07) is 0. The van der Waals surface area contributed by atoms with E-state index in [1.807, 2.05) is 41.5 Å². The SMILES string of the molecule is CCC(C)(CC(C)C(=O)OC(C)(C)C)C(=O)OC1(C)C2CC3CC(C2)CC1C3. The van der Waals surface area contributed by atoms with Gasteiger partial charge in [0.1, 0.15) is 11.2 Å². The summed E-state index contributed by atoms with van der Waals surface area (Å²) in [6.45, 7) is 13.6. The van der Waals surface area contributed by atoms with E-state index in [0.29, 0.717) is 24.7 Å². The van der Waals surface area contributed by atoms with E-state index < -0.39 is 11.0 Å². The lowest BCUT2D eigenvalue weighted by Crippen LogP contribution is -2.59. The van der Waals surface area contributed by atoms with Crippen LogP contribution in [0.15, 0.2) is 0 Å². The molecule has 4 saturated carbocycles. The van der Waals surface area contributed by atoms with Gasteiger partial charge in [0.15, 0.2) is 0 Å².